The van der Waals surface area contributed by atoms with Crippen LogP contribution in [0.3, 0.4) is 0 Å². The van der Waals surface area contributed by atoms with E-state index >= 15 is 0 Å². The minimum Gasteiger partial charge on any atom is -0.149 e. The summed E-state index contributed by atoms with van der Waals surface area (Å²) in [6.45, 7) is 0. The van der Waals surface area contributed by atoms with Crippen LogP contribution in [0.5, 0.6) is 0 Å². The summed E-state index contributed by atoms with van der Waals surface area (Å²) in [4.78, 5) is -5.49. The predicted octanol–water partition coefficient (Wildman–Crippen LogP) is 3.59. The molecule has 0 rings (SSSR count). The molecule has 0 aromatic carbocycles. The molecule has 0 bridgehead atoms. The normalized spacial score (nSPS) is 13.6. The van der Waals surface area contributed by atoms with Crippen molar-refractivity contribution in [1.82, 2.24) is 9.80 Å². The molecule has 0 saturated heterocycles. The number of nitrogens with zero attached hydrogens (tertiary/aromatic N) is 2. The van der Waals surface area contributed by atoms with Crippen LogP contribution < -0.4 is 0 Å². The molecule has 0 heterocycles. The Labute approximate surface area is 101 Å². The van der Waals surface area contributed by atoms with E-state index in [9.17, 15) is 52.7 Å². The Morgan fingerprint density at radius 1 is 0.400 bits per heavy atom. The molecule has 0 N–H and O–H groups in total. The smallest absolute Gasteiger partial charge is 0.149 e. The number of alkyl halides is 12. The van der Waals surface area contributed by atoms with Gasteiger partial charge in [-0.1, -0.05) is 0 Å². The fourth-order valence-corrected chi connectivity index (χ4v) is 0.641. The highest BCUT2D eigenvalue weighted by molar-refractivity contribution is 5.01. The Morgan fingerprint density at radius 2 is 0.550 bits per heavy atom. The van der Waals surface area contributed by atoms with Gasteiger partial charge < -0.3 is 0 Å². The molecule has 0 aliphatic carbocycles. The Morgan fingerprint density at radius 3 is 0.650 bits per heavy atom. The van der Waals surface area contributed by atoms with Crippen LogP contribution >= 0.6 is 0 Å². The summed E-state index contributed by atoms with van der Waals surface area (Å²) in [5.74, 6) is 0. The molecule has 0 atom stereocenters. The topological polar surface area (TPSA) is 6.48 Å². The largest absolute Gasteiger partial charge is 0.499 e. The maximum Gasteiger partial charge on any atom is 0.499 e. The molecule has 0 saturated carbocycles. The third kappa shape index (κ3) is 5.13. The highest BCUT2D eigenvalue weighted by Crippen LogP contribution is 2.34. The maximum absolute atomic E-state index is 11.8. The van der Waals surface area contributed by atoms with Gasteiger partial charge in [-0.2, -0.15) is 0 Å². The van der Waals surface area contributed by atoms with Crippen molar-refractivity contribution >= 4 is 0 Å². The number of halogens is 12. The van der Waals surface area contributed by atoms with Gasteiger partial charge in [-0.15, -0.1) is 62.5 Å². The van der Waals surface area contributed by atoms with Gasteiger partial charge in [0.15, 0.2) is 0 Å². The second-order valence-corrected chi connectivity index (χ2v) is 2.77. The van der Waals surface area contributed by atoms with Crippen LogP contribution in [0.25, 0.3) is 0 Å². The van der Waals surface area contributed by atoms with Crippen LogP contribution in [-0.2, 0) is 0 Å². The molecule has 0 radical (unpaired) electrons. The number of rotatable bonds is 0. The Kier molecular flexibility index (Phi) is 4.60. The molecule has 118 valence electrons. The molecular weight excluding hydrogens is 328 g/mol. The standard InChI is InChI=1S/C6F12N2/c7-3(8,9)19(4(10,11)12)1-2-20(5(13,14)15)6(16,17)18. The van der Waals surface area contributed by atoms with Gasteiger partial charge in [0.25, 0.3) is 0 Å². The minimum atomic E-state index is -6.34. The summed E-state index contributed by atoms with van der Waals surface area (Å²) in [6, 6.07) is -0.536. The maximum atomic E-state index is 11.8. The molecule has 0 unspecified atom stereocenters. The Balaban J connectivity index is 5.65. The molecule has 0 fully saturated rings. The lowest BCUT2D eigenvalue weighted by Crippen LogP contribution is -2.47. The van der Waals surface area contributed by atoms with E-state index in [2.05, 4.69) is 0 Å². The third-order valence-electron chi connectivity index (χ3n) is 1.29. The van der Waals surface area contributed by atoms with E-state index in [-0.39, 0.29) is 12.1 Å². The first-order chi connectivity index (χ1) is 8.47. The van der Waals surface area contributed by atoms with Crippen LogP contribution in [0, 0.1) is 12.1 Å². The Bertz CT molecular complexity index is 322. The molecule has 0 aromatic heterocycles. The molecule has 0 aromatic rings. The van der Waals surface area contributed by atoms with Crippen molar-refractivity contribution < 1.29 is 52.7 Å². The summed E-state index contributed by atoms with van der Waals surface area (Å²) in [5.41, 5.74) is 0. The van der Waals surface area contributed by atoms with Gasteiger partial charge in [0, 0.05) is 12.1 Å². The molecule has 14 heteroatoms. The van der Waals surface area contributed by atoms with Crippen molar-refractivity contribution in [3.05, 3.63) is 0 Å². The summed E-state index contributed by atoms with van der Waals surface area (Å²) < 4.78 is 141. The van der Waals surface area contributed by atoms with Gasteiger partial charge in [-0.05, 0) is 0 Å². The minimum absolute atomic E-state index is 0.268. The lowest BCUT2D eigenvalue weighted by atomic mass is 10.7. The average Bonchev–Trinajstić information content (AvgIpc) is 2.02. The van der Waals surface area contributed by atoms with E-state index in [0.717, 1.165) is 0 Å². The quantitative estimate of drug-likeness (QED) is 0.290. The van der Waals surface area contributed by atoms with E-state index in [1.807, 2.05) is 0 Å². The number of hydrogen-bond donors (Lipinski definition) is 0. The first-order valence-corrected chi connectivity index (χ1v) is 3.86. The van der Waals surface area contributed by atoms with E-state index in [1.54, 1.807) is 0 Å². The van der Waals surface area contributed by atoms with Gasteiger partial charge >= 0.3 is 25.2 Å². The molecule has 0 aliphatic heterocycles. The molecule has 2 nitrogen and oxygen atoms in total. The average molecular weight is 328 g/mol. The summed E-state index contributed by atoms with van der Waals surface area (Å²) in [6.07, 6.45) is -25.4. The van der Waals surface area contributed by atoms with Crippen molar-refractivity contribution in [2.24, 2.45) is 0 Å². The number of hydrogen-bond acceptors (Lipinski definition) is 2. The monoisotopic (exact) mass is 328 g/mol. The van der Waals surface area contributed by atoms with Crippen LogP contribution in [-0.4, -0.2) is 35.0 Å². The fraction of sp³-hybridized carbons (Fsp3) is 0.667. The van der Waals surface area contributed by atoms with Gasteiger partial charge in [-0.3, -0.25) is 0 Å². The van der Waals surface area contributed by atoms with Crippen LogP contribution in [0.2, 0.25) is 0 Å². The zero-order valence-electron chi connectivity index (χ0n) is 8.43. The molecule has 0 amide bonds. The SMILES string of the molecule is FC(F)(F)N(C#CN(C(F)(F)F)C(F)(F)F)C(F)(F)F. The van der Waals surface area contributed by atoms with E-state index in [1.165, 1.54) is 0 Å². The van der Waals surface area contributed by atoms with E-state index in [0.29, 0.717) is 0 Å². The highest BCUT2D eigenvalue weighted by Gasteiger charge is 2.55. The van der Waals surface area contributed by atoms with E-state index < -0.39 is 35.0 Å². The van der Waals surface area contributed by atoms with Crippen molar-refractivity contribution in [3.63, 3.8) is 0 Å². The van der Waals surface area contributed by atoms with E-state index in [4.69, 9.17) is 0 Å². The first-order valence-electron chi connectivity index (χ1n) is 3.86. The first kappa shape index (κ1) is 18.3. The second-order valence-electron chi connectivity index (χ2n) is 2.77. The molecule has 0 aliphatic rings. The van der Waals surface area contributed by atoms with Gasteiger partial charge in [0.1, 0.15) is 0 Å². The molecule has 20 heavy (non-hydrogen) atoms. The zero-order chi connectivity index (χ0) is 16.6. The zero-order valence-corrected chi connectivity index (χ0v) is 8.43. The summed E-state index contributed by atoms with van der Waals surface area (Å²) in [7, 11) is 0. The predicted molar refractivity (Wildman–Crippen MR) is 35.7 cm³/mol. The van der Waals surface area contributed by atoms with Crippen LogP contribution in [0.1, 0.15) is 0 Å². The van der Waals surface area contributed by atoms with Gasteiger partial charge in [0.05, 0.1) is 0 Å². The van der Waals surface area contributed by atoms with Crippen molar-refractivity contribution in [2.45, 2.75) is 25.2 Å². The second kappa shape index (κ2) is 5.02. The van der Waals surface area contributed by atoms with Crippen molar-refractivity contribution in [3.8, 4) is 12.1 Å². The molecular formula is C6F12N2. The highest BCUT2D eigenvalue weighted by atomic mass is 19.4. The van der Waals surface area contributed by atoms with Gasteiger partial charge in [0.2, 0.25) is 0 Å². The lowest BCUT2D eigenvalue weighted by Gasteiger charge is -2.25. The lowest BCUT2D eigenvalue weighted by molar-refractivity contribution is -0.356. The Hall–Kier alpha value is -1.68. The van der Waals surface area contributed by atoms with Crippen LogP contribution in [0.15, 0.2) is 0 Å². The third-order valence-corrected chi connectivity index (χ3v) is 1.29. The van der Waals surface area contributed by atoms with Crippen molar-refractivity contribution in [1.29, 1.82) is 0 Å². The summed E-state index contributed by atoms with van der Waals surface area (Å²) in [5, 5.41) is 0. The summed E-state index contributed by atoms with van der Waals surface area (Å²) >= 11 is 0. The van der Waals surface area contributed by atoms with Crippen LogP contribution in [0.4, 0.5) is 52.7 Å². The van der Waals surface area contributed by atoms with Gasteiger partial charge in [-0.25, -0.2) is 0 Å². The fourth-order valence-electron chi connectivity index (χ4n) is 0.641. The molecule has 0 spiro atoms. The van der Waals surface area contributed by atoms with Crippen molar-refractivity contribution in [2.75, 3.05) is 0 Å².